The van der Waals surface area contributed by atoms with Crippen molar-refractivity contribution in [3.8, 4) is 5.75 Å². The van der Waals surface area contributed by atoms with Gasteiger partial charge in [-0.25, -0.2) is 4.79 Å². The highest BCUT2D eigenvalue weighted by molar-refractivity contribution is 9.10. The van der Waals surface area contributed by atoms with Gasteiger partial charge in [0, 0.05) is 14.7 Å². The lowest BCUT2D eigenvalue weighted by Crippen LogP contribution is -2.15. The van der Waals surface area contributed by atoms with Crippen molar-refractivity contribution in [2.45, 2.75) is 6.61 Å². The van der Waals surface area contributed by atoms with Crippen molar-refractivity contribution in [1.29, 1.82) is 0 Å². The number of thiophene rings is 1. The van der Waals surface area contributed by atoms with Gasteiger partial charge in [-0.2, -0.15) is 0 Å². The van der Waals surface area contributed by atoms with Gasteiger partial charge in [-0.1, -0.05) is 12.1 Å². The van der Waals surface area contributed by atoms with Gasteiger partial charge in [-0.3, -0.25) is 0 Å². The van der Waals surface area contributed by atoms with Crippen LogP contribution in [0.25, 0.3) is 0 Å². The standard InChI is InChI=1S/C13H12BrNO3S/c14-9-5-10(19-8-9)6-18-13(16)7-17-12-4-2-1-3-11(12)15/h1-5,8H,6-7,15H2. The highest BCUT2D eigenvalue weighted by Gasteiger charge is 2.07. The molecule has 2 N–H and O–H groups in total. The molecule has 19 heavy (non-hydrogen) atoms. The molecule has 6 heteroatoms. The number of nitrogen functional groups attached to an aromatic ring is 1. The fourth-order valence-corrected chi connectivity index (χ4v) is 2.73. The first-order chi connectivity index (χ1) is 9.15. The van der Waals surface area contributed by atoms with Crippen molar-refractivity contribution in [2.24, 2.45) is 0 Å². The van der Waals surface area contributed by atoms with Crippen LogP contribution >= 0.6 is 27.3 Å². The van der Waals surface area contributed by atoms with Crippen LogP contribution in [0.3, 0.4) is 0 Å². The Balaban J connectivity index is 1.77. The van der Waals surface area contributed by atoms with Gasteiger partial charge in [-0.05, 0) is 34.1 Å². The minimum absolute atomic E-state index is 0.152. The average molecular weight is 342 g/mol. The van der Waals surface area contributed by atoms with Crippen LogP contribution in [0.4, 0.5) is 5.69 Å². The summed E-state index contributed by atoms with van der Waals surface area (Å²) >= 11 is 4.86. The molecule has 0 bridgehead atoms. The van der Waals surface area contributed by atoms with E-state index in [0.717, 1.165) is 9.35 Å². The fraction of sp³-hybridized carbons (Fsp3) is 0.154. The second kappa shape index (κ2) is 6.58. The zero-order valence-corrected chi connectivity index (χ0v) is 12.4. The summed E-state index contributed by atoms with van der Waals surface area (Å²) in [6.07, 6.45) is 0. The number of para-hydroxylation sites is 2. The topological polar surface area (TPSA) is 61.5 Å². The monoisotopic (exact) mass is 341 g/mol. The number of carbonyl (C=O) groups excluding carboxylic acids is 1. The summed E-state index contributed by atoms with van der Waals surface area (Å²) in [5, 5.41) is 1.93. The Hall–Kier alpha value is -1.53. The zero-order chi connectivity index (χ0) is 13.7. The number of carbonyl (C=O) groups is 1. The zero-order valence-electron chi connectivity index (χ0n) is 9.97. The lowest BCUT2D eigenvalue weighted by Gasteiger charge is -2.08. The Labute approximate surface area is 123 Å². The van der Waals surface area contributed by atoms with E-state index < -0.39 is 5.97 Å². The van der Waals surface area contributed by atoms with Gasteiger partial charge < -0.3 is 15.2 Å². The Morgan fingerprint density at radius 3 is 2.84 bits per heavy atom. The largest absolute Gasteiger partial charge is 0.480 e. The van der Waals surface area contributed by atoms with Gasteiger partial charge >= 0.3 is 5.97 Å². The molecule has 1 heterocycles. The predicted octanol–water partition coefficient (Wildman–Crippen LogP) is 3.22. The van der Waals surface area contributed by atoms with E-state index in [-0.39, 0.29) is 13.2 Å². The first-order valence-corrected chi connectivity index (χ1v) is 7.18. The molecular weight excluding hydrogens is 330 g/mol. The number of nitrogens with two attached hydrogens (primary N) is 1. The number of halogens is 1. The highest BCUT2D eigenvalue weighted by Crippen LogP contribution is 2.21. The van der Waals surface area contributed by atoms with Crippen LogP contribution in [0.5, 0.6) is 5.75 Å². The second-order valence-electron chi connectivity index (χ2n) is 3.72. The average Bonchev–Trinajstić information content (AvgIpc) is 2.81. The summed E-state index contributed by atoms with van der Waals surface area (Å²) in [6.45, 7) is 0.101. The van der Waals surface area contributed by atoms with Crippen molar-refractivity contribution in [3.63, 3.8) is 0 Å². The van der Waals surface area contributed by atoms with Gasteiger partial charge in [-0.15, -0.1) is 11.3 Å². The van der Waals surface area contributed by atoms with Crippen LogP contribution in [0, 0.1) is 0 Å². The Kier molecular flexibility index (Phi) is 4.81. The van der Waals surface area contributed by atoms with Gasteiger partial charge in [0.05, 0.1) is 5.69 Å². The molecule has 0 saturated carbocycles. The molecule has 2 aromatic rings. The number of hydrogen-bond acceptors (Lipinski definition) is 5. The molecule has 1 aromatic carbocycles. The number of benzene rings is 1. The maximum Gasteiger partial charge on any atom is 0.344 e. The van der Waals surface area contributed by atoms with Crippen LogP contribution in [-0.2, 0) is 16.1 Å². The molecule has 0 amide bonds. The van der Waals surface area contributed by atoms with E-state index in [1.165, 1.54) is 11.3 Å². The first-order valence-electron chi connectivity index (χ1n) is 5.51. The highest BCUT2D eigenvalue weighted by atomic mass is 79.9. The number of rotatable bonds is 5. The van der Waals surface area contributed by atoms with Crippen LogP contribution in [-0.4, -0.2) is 12.6 Å². The summed E-state index contributed by atoms with van der Waals surface area (Å²) in [5.41, 5.74) is 6.19. The molecule has 2 rings (SSSR count). The molecule has 0 saturated heterocycles. The lowest BCUT2D eigenvalue weighted by molar-refractivity contribution is -0.147. The van der Waals surface area contributed by atoms with Crippen molar-refractivity contribution in [3.05, 3.63) is 45.1 Å². The molecule has 0 fully saturated rings. The van der Waals surface area contributed by atoms with E-state index in [4.69, 9.17) is 15.2 Å². The van der Waals surface area contributed by atoms with E-state index in [2.05, 4.69) is 15.9 Å². The van der Waals surface area contributed by atoms with Crippen molar-refractivity contribution >= 4 is 38.9 Å². The third-order valence-electron chi connectivity index (χ3n) is 2.26. The molecule has 0 unspecified atom stereocenters. The summed E-state index contributed by atoms with van der Waals surface area (Å²) in [7, 11) is 0. The number of esters is 1. The van der Waals surface area contributed by atoms with Crippen LogP contribution < -0.4 is 10.5 Å². The quantitative estimate of drug-likeness (QED) is 0.670. The Bertz CT molecular complexity index is 571. The molecular formula is C13H12BrNO3S. The summed E-state index contributed by atoms with van der Waals surface area (Å²) in [5.74, 6) is 0.0612. The molecule has 1 aromatic heterocycles. The molecule has 0 spiro atoms. The van der Waals surface area contributed by atoms with Gasteiger partial charge in [0.25, 0.3) is 0 Å². The van der Waals surface area contributed by atoms with Gasteiger partial charge in [0.15, 0.2) is 6.61 Å². The van der Waals surface area contributed by atoms with Crippen LogP contribution in [0.15, 0.2) is 40.2 Å². The smallest absolute Gasteiger partial charge is 0.344 e. The van der Waals surface area contributed by atoms with Crippen molar-refractivity contribution < 1.29 is 14.3 Å². The number of ether oxygens (including phenoxy) is 2. The van der Waals surface area contributed by atoms with E-state index in [1.54, 1.807) is 24.3 Å². The predicted molar refractivity (Wildman–Crippen MR) is 78.2 cm³/mol. The molecule has 0 radical (unpaired) electrons. The van der Waals surface area contributed by atoms with Gasteiger partial charge in [0.2, 0.25) is 0 Å². The van der Waals surface area contributed by atoms with E-state index in [1.807, 2.05) is 11.4 Å². The van der Waals surface area contributed by atoms with Crippen LogP contribution in [0.2, 0.25) is 0 Å². The molecule has 0 aliphatic rings. The molecule has 100 valence electrons. The third kappa shape index (κ3) is 4.25. The van der Waals surface area contributed by atoms with Crippen molar-refractivity contribution in [2.75, 3.05) is 12.3 Å². The second-order valence-corrected chi connectivity index (χ2v) is 5.63. The Morgan fingerprint density at radius 2 is 2.16 bits per heavy atom. The lowest BCUT2D eigenvalue weighted by atomic mass is 10.3. The number of anilines is 1. The third-order valence-corrected chi connectivity index (χ3v) is 3.93. The van der Waals surface area contributed by atoms with E-state index in [9.17, 15) is 4.79 Å². The molecule has 4 nitrogen and oxygen atoms in total. The maximum atomic E-state index is 11.5. The molecule has 0 aliphatic heterocycles. The SMILES string of the molecule is Nc1ccccc1OCC(=O)OCc1cc(Br)cs1. The summed E-state index contributed by atoms with van der Waals surface area (Å²) < 4.78 is 11.4. The summed E-state index contributed by atoms with van der Waals surface area (Å²) in [4.78, 5) is 12.5. The van der Waals surface area contributed by atoms with Crippen LogP contribution in [0.1, 0.15) is 4.88 Å². The van der Waals surface area contributed by atoms with E-state index in [0.29, 0.717) is 11.4 Å². The minimum Gasteiger partial charge on any atom is -0.480 e. The van der Waals surface area contributed by atoms with Crippen molar-refractivity contribution in [1.82, 2.24) is 0 Å². The maximum absolute atomic E-state index is 11.5. The Morgan fingerprint density at radius 1 is 1.37 bits per heavy atom. The van der Waals surface area contributed by atoms with E-state index >= 15 is 0 Å². The van der Waals surface area contributed by atoms with Gasteiger partial charge in [0.1, 0.15) is 12.4 Å². The molecule has 0 aliphatic carbocycles. The first kappa shape index (κ1) is 13.9. The normalized spacial score (nSPS) is 10.2. The summed E-state index contributed by atoms with van der Waals surface area (Å²) in [6, 6.07) is 8.92. The minimum atomic E-state index is -0.423. The number of hydrogen-bond donors (Lipinski definition) is 1. The fourth-order valence-electron chi connectivity index (χ4n) is 1.37. The molecule has 0 atom stereocenters.